The fourth-order valence-corrected chi connectivity index (χ4v) is 3.19. The predicted molar refractivity (Wildman–Crippen MR) is 81.1 cm³/mol. The molecule has 3 nitrogen and oxygen atoms in total. The van der Waals surface area contributed by atoms with Gasteiger partial charge in [-0.05, 0) is 58.1 Å². The molecule has 2 rings (SSSR count). The average molecular weight is 279 g/mol. The van der Waals surface area contributed by atoms with E-state index in [1.165, 1.54) is 25.3 Å². The highest BCUT2D eigenvalue weighted by atomic mass is 19.1. The Bertz CT molecular complexity index is 443. The summed E-state index contributed by atoms with van der Waals surface area (Å²) in [4.78, 5) is 4.60. The van der Waals surface area contributed by atoms with Crippen LogP contribution >= 0.6 is 0 Å². The molecule has 0 saturated heterocycles. The van der Waals surface area contributed by atoms with Crippen LogP contribution < -0.4 is 5.73 Å². The van der Waals surface area contributed by atoms with Crippen LogP contribution in [0.5, 0.6) is 0 Å². The average Bonchev–Trinajstić information content (AvgIpc) is 2.34. The highest BCUT2D eigenvalue weighted by Gasteiger charge is 2.40. The predicted octanol–water partition coefficient (Wildman–Crippen LogP) is 2.24. The Morgan fingerprint density at radius 3 is 2.45 bits per heavy atom. The molecular weight excluding hydrogens is 253 g/mol. The van der Waals surface area contributed by atoms with Crippen molar-refractivity contribution in [3.05, 3.63) is 35.6 Å². The molecule has 0 bridgehead atoms. The molecule has 0 radical (unpaired) electrons. The van der Waals surface area contributed by atoms with E-state index in [4.69, 9.17) is 5.73 Å². The highest BCUT2D eigenvalue weighted by molar-refractivity contribution is 5.21. The lowest BCUT2D eigenvalue weighted by molar-refractivity contribution is 0.0167. The Morgan fingerprint density at radius 1 is 1.30 bits per heavy atom. The first-order valence-corrected chi connectivity index (χ1v) is 7.32. The maximum atomic E-state index is 13.4. The molecule has 1 aromatic rings. The molecule has 1 aliphatic carbocycles. The normalized spacial score (nSPS) is 19.1. The first kappa shape index (κ1) is 15.4. The van der Waals surface area contributed by atoms with Gasteiger partial charge < -0.3 is 10.6 Å². The van der Waals surface area contributed by atoms with Crippen LogP contribution in [-0.2, 0) is 0 Å². The fourth-order valence-electron chi connectivity index (χ4n) is 3.19. The third-order valence-electron chi connectivity index (χ3n) is 4.77. The van der Waals surface area contributed by atoms with Gasteiger partial charge in [0.25, 0.3) is 0 Å². The summed E-state index contributed by atoms with van der Waals surface area (Å²) in [6, 6.07) is 6.86. The van der Waals surface area contributed by atoms with Crippen molar-refractivity contribution in [1.82, 2.24) is 9.80 Å². The first-order valence-electron chi connectivity index (χ1n) is 7.32. The maximum absolute atomic E-state index is 13.4. The summed E-state index contributed by atoms with van der Waals surface area (Å²) in [5.74, 6) is -0.194. The SMILES string of the molecule is CN(CC1(N(C)C)CCC1)C(CN)c1cccc(F)c1. The van der Waals surface area contributed by atoms with E-state index in [-0.39, 0.29) is 17.4 Å². The molecule has 20 heavy (non-hydrogen) atoms. The first-order chi connectivity index (χ1) is 9.48. The molecule has 112 valence electrons. The number of hydrogen-bond acceptors (Lipinski definition) is 3. The van der Waals surface area contributed by atoms with Gasteiger partial charge in [-0.25, -0.2) is 4.39 Å². The van der Waals surface area contributed by atoms with Crippen LogP contribution in [0.25, 0.3) is 0 Å². The smallest absolute Gasteiger partial charge is 0.123 e. The van der Waals surface area contributed by atoms with E-state index in [0.29, 0.717) is 6.54 Å². The van der Waals surface area contributed by atoms with Gasteiger partial charge in [0, 0.05) is 24.7 Å². The molecule has 4 heteroatoms. The van der Waals surface area contributed by atoms with Crippen LogP contribution in [0, 0.1) is 5.82 Å². The zero-order valence-electron chi connectivity index (χ0n) is 12.8. The minimum absolute atomic E-state index is 0.0723. The summed E-state index contributed by atoms with van der Waals surface area (Å²) in [5, 5.41) is 0. The third-order valence-corrected chi connectivity index (χ3v) is 4.77. The molecule has 0 aromatic heterocycles. The van der Waals surface area contributed by atoms with E-state index in [0.717, 1.165) is 12.1 Å². The van der Waals surface area contributed by atoms with Crippen LogP contribution in [0.2, 0.25) is 0 Å². The summed E-state index contributed by atoms with van der Waals surface area (Å²) in [6.45, 7) is 1.47. The zero-order chi connectivity index (χ0) is 14.8. The van der Waals surface area contributed by atoms with Crippen molar-refractivity contribution in [3.63, 3.8) is 0 Å². The molecule has 0 heterocycles. The Hall–Kier alpha value is -0.970. The van der Waals surface area contributed by atoms with Crippen molar-refractivity contribution in [2.45, 2.75) is 30.8 Å². The second-order valence-corrected chi connectivity index (χ2v) is 6.19. The molecule has 1 fully saturated rings. The second kappa shape index (κ2) is 6.20. The van der Waals surface area contributed by atoms with Gasteiger partial charge in [0.2, 0.25) is 0 Å². The lowest BCUT2D eigenvalue weighted by Gasteiger charge is -2.50. The monoisotopic (exact) mass is 279 g/mol. The van der Waals surface area contributed by atoms with Gasteiger partial charge in [-0.15, -0.1) is 0 Å². The molecule has 1 atom stereocenters. The number of rotatable bonds is 6. The van der Waals surface area contributed by atoms with Gasteiger partial charge in [0.1, 0.15) is 5.82 Å². The van der Waals surface area contributed by atoms with E-state index < -0.39 is 0 Å². The lowest BCUT2D eigenvalue weighted by Crippen LogP contribution is -2.57. The number of likely N-dealkylation sites (N-methyl/N-ethyl adjacent to an activating group) is 2. The minimum atomic E-state index is -0.194. The highest BCUT2D eigenvalue weighted by Crippen LogP contribution is 2.38. The lowest BCUT2D eigenvalue weighted by atomic mass is 9.75. The molecule has 1 aliphatic rings. The van der Waals surface area contributed by atoms with Crippen LogP contribution in [0.15, 0.2) is 24.3 Å². The van der Waals surface area contributed by atoms with Gasteiger partial charge in [-0.3, -0.25) is 4.90 Å². The Kier molecular flexibility index (Phi) is 4.78. The molecule has 0 aliphatic heterocycles. The third kappa shape index (κ3) is 3.03. The molecule has 1 unspecified atom stereocenters. The molecular formula is C16H26FN3. The van der Waals surface area contributed by atoms with E-state index in [2.05, 4.69) is 30.9 Å². The molecule has 0 amide bonds. The second-order valence-electron chi connectivity index (χ2n) is 6.19. The standard InChI is InChI=1S/C16H26FN3/c1-19(2)16(8-5-9-16)12-20(3)15(11-18)13-6-4-7-14(17)10-13/h4,6-7,10,15H,5,8-9,11-12,18H2,1-3H3. The number of nitrogens with two attached hydrogens (primary N) is 1. The largest absolute Gasteiger partial charge is 0.329 e. The summed E-state index contributed by atoms with van der Waals surface area (Å²) < 4.78 is 13.4. The van der Waals surface area contributed by atoms with E-state index >= 15 is 0 Å². The molecule has 1 saturated carbocycles. The number of hydrogen-bond donors (Lipinski definition) is 1. The molecule has 2 N–H and O–H groups in total. The van der Waals surface area contributed by atoms with Crippen LogP contribution in [0.4, 0.5) is 4.39 Å². The van der Waals surface area contributed by atoms with Crippen LogP contribution in [0.1, 0.15) is 30.9 Å². The number of nitrogens with zero attached hydrogens (tertiary/aromatic N) is 2. The van der Waals surface area contributed by atoms with Crippen molar-refractivity contribution in [2.24, 2.45) is 5.73 Å². The van der Waals surface area contributed by atoms with Gasteiger partial charge >= 0.3 is 0 Å². The number of benzene rings is 1. The van der Waals surface area contributed by atoms with Crippen LogP contribution in [0.3, 0.4) is 0 Å². The van der Waals surface area contributed by atoms with E-state index in [9.17, 15) is 4.39 Å². The maximum Gasteiger partial charge on any atom is 0.123 e. The molecule has 0 spiro atoms. The van der Waals surface area contributed by atoms with Gasteiger partial charge in [0.15, 0.2) is 0 Å². The Labute approximate surface area is 121 Å². The number of halogens is 1. The van der Waals surface area contributed by atoms with E-state index in [1.54, 1.807) is 12.1 Å². The topological polar surface area (TPSA) is 32.5 Å². The van der Waals surface area contributed by atoms with Crippen molar-refractivity contribution < 1.29 is 4.39 Å². The quantitative estimate of drug-likeness (QED) is 0.867. The van der Waals surface area contributed by atoms with Gasteiger partial charge in [-0.2, -0.15) is 0 Å². The molecule has 1 aromatic carbocycles. The summed E-state index contributed by atoms with van der Waals surface area (Å²) in [5.41, 5.74) is 7.15. The minimum Gasteiger partial charge on any atom is -0.329 e. The summed E-state index contributed by atoms with van der Waals surface area (Å²) in [6.07, 6.45) is 3.74. The van der Waals surface area contributed by atoms with Gasteiger partial charge in [-0.1, -0.05) is 12.1 Å². The summed E-state index contributed by atoms with van der Waals surface area (Å²) >= 11 is 0. The fraction of sp³-hybridized carbons (Fsp3) is 0.625. The van der Waals surface area contributed by atoms with Gasteiger partial charge in [0.05, 0.1) is 0 Å². The Balaban J connectivity index is 2.11. The Morgan fingerprint density at radius 2 is 2.00 bits per heavy atom. The van der Waals surface area contributed by atoms with Crippen LogP contribution in [-0.4, -0.2) is 49.6 Å². The van der Waals surface area contributed by atoms with E-state index in [1.807, 2.05) is 6.07 Å². The van der Waals surface area contributed by atoms with Crippen molar-refractivity contribution in [1.29, 1.82) is 0 Å². The zero-order valence-corrected chi connectivity index (χ0v) is 12.8. The van der Waals surface area contributed by atoms with Crippen molar-refractivity contribution in [2.75, 3.05) is 34.2 Å². The summed E-state index contributed by atoms with van der Waals surface area (Å²) in [7, 11) is 6.38. The van der Waals surface area contributed by atoms with Crippen molar-refractivity contribution in [3.8, 4) is 0 Å². The van der Waals surface area contributed by atoms with Crippen molar-refractivity contribution >= 4 is 0 Å².